The standard InChI is InChI=1S/C9H9BrN4/c1-7(10)9-3-2-8(4-12-9)14-6-11-5-13-14/h2-7H,1H3. The summed E-state index contributed by atoms with van der Waals surface area (Å²) in [4.78, 5) is 8.44. The van der Waals surface area contributed by atoms with Crippen LogP contribution in [0.25, 0.3) is 5.69 Å². The highest BCUT2D eigenvalue weighted by Gasteiger charge is 2.02. The zero-order valence-corrected chi connectivity index (χ0v) is 9.22. The maximum atomic E-state index is 4.30. The van der Waals surface area contributed by atoms with Gasteiger partial charge in [-0.3, -0.25) is 4.98 Å². The molecule has 0 fully saturated rings. The van der Waals surface area contributed by atoms with E-state index in [0.29, 0.717) is 0 Å². The Morgan fingerprint density at radius 1 is 1.43 bits per heavy atom. The van der Waals surface area contributed by atoms with Gasteiger partial charge in [0.1, 0.15) is 12.7 Å². The molecule has 4 nitrogen and oxygen atoms in total. The minimum atomic E-state index is 0.271. The van der Waals surface area contributed by atoms with E-state index in [9.17, 15) is 0 Å². The molecule has 1 atom stereocenters. The molecule has 0 N–H and O–H groups in total. The van der Waals surface area contributed by atoms with Crippen molar-refractivity contribution in [3.8, 4) is 5.69 Å². The van der Waals surface area contributed by atoms with Crippen LogP contribution < -0.4 is 0 Å². The molecule has 72 valence electrons. The Morgan fingerprint density at radius 2 is 2.29 bits per heavy atom. The van der Waals surface area contributed by atoms with Gasteiger partial charge in [0, 0.05) is 0 Å². The van der Waals surface area contributed by atoms with Gasteiger partial charge >= 0.3 is 0 Å². The third-order valence-corrected chi connectivity index (χ3v) is 2.33. The molecule has 2 aromatic rings. The number of alkyl halides is 1. The average Bonchev–Trinajstić information content (AvgIpc) is 2.71. The molecule has 0 radical (unpaired) electrons. The molecule has 2 rings (SSSR count). The van der Waals surface area contributed by atoms with E-state index in [1.165, 1.54) is 6.33 Å². The fraction of sp³-hybridized carbons (Fsp3) is 0.222. The van der Waals surface area contributed by atoms with Gasteiger partial charge in [0.05, 0.1) is 22.4 Å². The second-order valence-electron chi connectivity index (χ2n) is 2.90. The Hall–Kier alpha value is -1.23. The van der Waals surface area contributed by atoms with E-state index >= 15 is 0 Å². The predicted molar refractivity (Wildman–Crippen MR) is 56.5 cm³/mol. The molecule has 0 saturated heterocycles. The van der Waals surface area contributed by atoms with Crippen LogP contribution in [-0.4, -0.2) is 19.7 Å². The zero-order chi connectivity index (χ0) is 9.97. The van der Waals surface area contributed by atoms with Gasteiger partial charge in [-0.1, -0.05) is 15.9 Å². The van der Waals surface area contributed by atoms with Gasteiger partial charge in [-0.15, -0.1) is 0 Å². The van der Waals surface area contributed by atoms with Crippen LogP contribution in [0.3, 0.4) is 0 Å². The summed E-state index contributed by atoms with van der Waals surface area (Å²) < 4.78 is 1.68. The van der Waals surface area contributed by atoms with Crippen LogP contribution >= 0.6 is 15.9 Å². The Labute approximate surface area is 90.1 Å². The fourth-order valence-electron chi connectivity index (χ4n) is 1.11. The number of hydrogen-bond donors (Lipinski definition) is 0. The van der Waals surface area contributed by atoms with Crippen molar-refractivity contribution >= 4 is 15.9 Å². The molecule has 0 aliphatic carbocycles. The minimum absolute atomic E-state index is 0.271. The summed E-state index contributed by atoms with van der Waals surface area (Å²) in [7, 11) is 0. The van der Waals surface area contributed by atoms with Crippen molar-refractivity contribution in [2.24, 2.45) is 0 Å². The summed E-state index contributed by atoms with van der Waals surface area (Å²) in [6.45, 7) is 2.04. The third kappa shape index (κ3) is 1.82. The Bertz CT molecular complexity index is 393. The number of aromatic nitrogens is 4. The summed E-state index contributed by atoms with van der Waals surface area (Å²) in [6.07, 6.45) is 4.93. The van der Waals surface area contributed by atoms with Crippen LogP contribution in [0, 0.1) is 0 Å². The topological polar surface area (TPSA) is 43.6 Å². The molecule has 0 aliphatic heterocycles. The summed E-state index contributed by atoms with van der Waals surface area (Å²) in [5.41, 5.74) is 1.92. The van der Waals surface area contributed by atoms with Crippen molar-refractivity contribution in [3.63, 3.8) is 0 Å². The molecule has 0 bridgehead atoms. The van der Waals surface area contributed by atoms with Crippen molar-refractivity contribution in [1.29, 1.82) is 0 Å². The lowest BCUT2D eigenvalue weighted by molar-refractivity contribution is 0.866. The molecule has 0 saturated carbocycles. The molecule has 2 aromatic heterocycles. The van der Waals surface area contributed by atoms with Crippen LogP contribution in [-0.2, 0) is 0 Å². The molecule has 0 spiro atoms. The second kappa shape index (κ2) is 3.88. The molecule has 5 heteroatoms. The first kappa shape index (κ1) is 9.33. The Morgan fingerprint density at radius 3 is 2.79 bits per heavy atom. The molecule has 0 aliphatic rings. The smallest absolute Gasteiger partial charge is 0.138 e. The van der Waals surface area contributed by atoms with Crippen molar-refractivity contribution in [1.82, 2.24) is 19.7 Å². The van der Waals surface area contributed by atoms with Gasteiger partial charge in [-0.25, -0.2) is 9.67 Å². The van der Waals surface area contributed by atoms with E-state index in [-0.39, 0.29) is 4.83 Å². The molecule has 0 aromatic carbocycles. The second-order valence-corrected chi connectivity index (χ2v) is 4.27. The first-order chi connectivity index (χ1) is 6.77. The van der Waals surface area contributed by atoms with Gasteiger partial charge in [0.2, 0.25) is 0 Å². The Kier molecular flexibility index (Phi) is 2.58. The van der Waals surface area contributed by atoms with E-state index in [2.05, 4.69) is 31.0 Å². The van der Waals surface area contributed by atoms with Crippen LogP contribution in [0.1, 0.15) is 17.4 Å². The first-order valence-corrected chi connectivity index (χ1v) is 5.14. The summed E-state index contributed by atoms with van der Waals surface area (Å²) in [5, 5.41) is 4.01. The van der Waals surface area contributed by atoms with Gasteiger partial charge in [0.15, 0.2) is 0 Å². The first-order valence-electron chi connectivity index (χ1n) is 4.22. The van der Waals surface area contributed by atoms with Gasteiger partial charge in [-0.05, 0) is 19.1 Å². The van der Waals surface area contributed by atoms with E-state index < -0.39 is 0 Å². The van der Waals surface area contributed by atoms with E-state index in [1.807, 2.05) is 19.1 Å². The highest BCUT2D eigenvalue weighted by atomic mass is 79.9. The van der Waals surface area contributed by atoms with Crippen LogP contribution in [0.5, 0.6) is 0 Å². The maximum Gasteiger partial charge on any atom is 0.138 e. The summed E-state index contributed by atoms with van der Waals surface area (Å²) >= 11 is 3.46. The minimum Gasteiger partial charge on any atom is -0.258 e. The maximum absolute atomic E-state index is 4.30. The fourth-order valence-corrected chi connectivity index (χ4v) is 1.38. The summed E-state index contributed by atoms with van der Waals surface area (Å²) in [5.74, 6) is 0. The van der Waals surface area contributed by atoms with Crippen molar-refractivity contribution < 1.29 is 0 Å². The van der Waals surface area contributed by atoms with Gasteiger partial charge < -0.3 is 0 Å². The SMILES string of the molecule is CC(Br)c1ccc(-n2cncn2)cn1. The van der Waals surface area contributed by atoms with E-state index in [0.717, 1.165) is 11.4 Å². The lowest BCUT2D eigenvalue weighted by Gasteiger charge is -2.03. The molecule has 2 heterocycles. The molecular formula is C9H9BrN4. The number of pyridine rings is 1. The average molecular weight is 253 g/mol. The number of halogens is 1. The highest BCUT2D eigenvalue weighted by Crippen LogP contribution is 2.19. The zero-order valence-electron chi connectivity index (χ0n) is 7.63. The van der Waals surface area contributed by atoms with Crippen LogP contribution in [0.4, 0.5) is 0 Å². The molecular weight excluding hydrogens is 244 g/mol. The monoisotopic (exact) mass is 252 g/mol. The highest BCUT2D eigenvalue weighted by molar-refractivity contribution is 9.09. The van der Waals surface area contributed by atoms with E-state index in [1.54, 1.807) is 17.2 Å². The number of rotatable bonds is 2. The quantitative estimate of drug-likeness (QED) is 0.770. The number of nitrogens with zero attached hydrogens (tertiary/aromatic N) is 4. The lowest BCUT2D eigenvalue weighted by Crippen LogP contribution is -1.97. The predicted octanol–water partition coefficient (Wildman–Crippen LogP) is 2.12. The van der Waals surface area contributed by atoms with E-state index in [4.69, 9.17) is 0 Å². The molecule has 14 heavy (non-hydrogen) atoms. The molecule has 1 unspecified atom stereocenters. The lowest BCUT2D eigenvalue weighted by atomic mass is 10.3. The van der Waals surface area contributed by atoms with Crippen molar-refractivity contribution in [2.75, 3.05) is 0 Å². The molecule has 0 amide bonds. The normalized spacial score (nSPS) is 12.7. The number of hydrogen-bond acceptors (Lipinski definition) is 3. The Balaban J connectivity index is 2.31. The third-order valence-electron chi connectivity index (χ3n) is 1.86. The summed E-state index contributed by atoms with van der Waals surface area (Å²) in [6, 6.07) is 3.94. The van der Waals surface area contributed by atoms with Crippen LogP contribution in [0.15, 0.2) is 31.0 Å². The largest absolute Gasteiger partial charge is 0.258 e. The van der Waals surface area contributed by atoms with Gasteiger partial charge in [0.25, 0.3) is 0 Å². The van der Waals surface area contributed by atoms with Crippen molar-refractivity contribution in [2.45, 2.75) is 11.8 Å². The van der Waals surface area contributed by atoms with Gasteiger partial charge in [-0.2, -0.15) is 5.10 Å². The van der Waals surface area contributed by atoms with Crippen molar-refractivity contribution in [3.05, 3.63) is 36.7 Å². The van der Waals surface area contributed by atoms with Crippen LogP contribution in [0.2, 0.25) is 0 Å².